The number of hydrogen-bond donors (Lipinski definition) is 0. The standard InChI is InChI=1S/C23H18N4O6/c1-4-16-19(26(30)31)11-17-18(23(16)24-22-12(2)6-5-7-13(22)3)9-14-8-15(25(28)29)10-20(21(14)17)27(32)33/h5-11H,4H2,1-3H3. The van der Waals surface area contributed by atoms with Gasteiger partial charge in [-0.15, -0.1) is 0 Å². The molecule has 0 saturated carbocycles. The fraction of sp³-hybridized carbons (Fsp3) is 0.174. The van der Waals surface area contributed by atoms with Gasteiger partial charge in [0.05, 0.1) is 43.4 Å². The normalized spacial score (nSPS) is 15.7. The average molecular weight is 446 g/mol. The van der Waals surface area contributed by atoms with Crippen molar-refractivity contribution in [3.8, 4) is 0 Å². The molecule has 0 spiro atoms. The smallest absolute Gasteiger partial charge is 0.258 e. The minimum absolute atomic E-state index is 0.115. The SMILES string of the molecule is CCC1=C([N+](=O)[O-])C=C2C(=Cc3cc([N+](=O)[O-])cc([N+](=O)[O-])c32)C1=Nc1c(C)cccc1C. The van der Waals surface area contributed by atoms with Crippen molar-refractivity contribution in [2.45, 2.75) is 27.2 Å². The second-order valence-corrected chi connectivity index (χ2v) is 7.73. The van der Waals surface area contributed by atoms with Gasteiger partial charge in [-0.2, -0.15) is 0 Å². The molecule has 0 saturated heterocycles. The molecule has 2 aromatic carbocycles. The highest BCUT2D eigenvalue weighted by molar-refractivity contribution is 6.29. The largest absolute Gasteiger partial charge is 0.284 e. The zero-order valence-corrected chi connectivity index (χ0v) is 18.0. The highest BCUT2D eigenvalue weighted by atomic mass is 16.6. The van der Waals surface area contributed by atoms with Crippen molar-refractivity contribution < 1.29 is 14.8 Å². The predicted molar refractivity (Wildman–Crippen MR) is 123 cm³/mol. The van der Waals surface area contributed by atoms with E-state index in [1.54, 1.807) is 13.0 Å². The van der Waals surface area contributed by atoms with Gasteiger partial charge in [0.15, 0.2) is 0 Å². The van der Waals surface area contributed by atoms with Crippen molar-refractivity contribution >= 4 is 34.4 Å². The summed E-state index contributed by atoms with van der Waals surface area (Å²) >= 11 is 0. The number of non-ortho nitro benzene ring substituents is 1. The van der Waals surface area contributed by atoms with E-state index in [4.69, 9.17) is 4.99 Å². The van der Waals surface area contributed by atoms with E-state index in [0.29, 0.717) is 29.0 Å². The van der Waals surface area contributed by atoms with Crippen LogP contribution in [0.3, 0.4) is 0 Å². The lowest BCUT2D eigenvalue weighted by Gasteiger charge is -2.19. The Balaban J connectivity index is 2.07. The molecule has 0 bridgehead atoms. The van der Waals surface area contributed by atoms with E-state index in [9.17, 15) is 30.3 Å². The number of benzene rings is 2. The van der Waals surface area contributed by atoms with Crippen molar-refractivity contribution in [3.05, 3.63) is 106 Å². The molecule has 2 aliphatic carbocycles. The van der Waals surface area contributed by atoms with Gasteiger partial charge in [-0.3, -0.25) is 30.3 Å². The van der Waals surface area contributed by atoms with Crippen LogP contribution in [-0.4, -0.2) is 20.5 Å². The van der Waals surface area contributed by atoms with Crippen molar-refractivity contribution in [1.29, 1.82) is 0 Å². The number of nitrogens with zero attached hydrogens (tertiary/aromatic N) is 4. The molecule has 0 fully saturated rings. The average Bonchev–Trinajstić information content (AvgIpc) is 3.13. The van der Waals surface area contributed by atoms with Crippen molar-refractivity contribution in [1.82, 2.24) is 0 Å². The first-order valence-electron chi connectivity index (χ1n) is 10.1. The number of para-hydroxylation sites is 1. The molecule has 2 aliphatic rings. The van der Waals surface area contributed by atoms with Crippen LogP contribution in [0.4, 0.5) is 17.1 Å². The minimum atomic E-state index is -0.712. The van der Waals surface area contributed by atoms with Crippen molar-refractivity contribution in [2.75, 3.05) is 0 Å². The second kappa shape index (κ2) is 7.90. The van der Waals surface area contributed by atoms with Crippen molar-refractivity contribution in [3.63, 3.8) is 0 Å². The Kier molecular flexibility index (Phi) is 5.21. The van der Waals surface area contributed by atoms with Gasteiger partial charge in [0, 0.05) is 23.3 Å². The molecule has 0 atom stereocenters. The summed E-state index contributed by atoms with van der Waals surface area (Å²) in [6, 6.07) is 7.75. The molecular weight excluding hydrogens is 428 g/mol. The topological polar surface area (TPSA) is 142 Å². The predicted octanol–water partition coefficient (Wildman–Crippen LogP) is 5.63. The summed E-state index contributed by atoms with van der Waals surface area (Å²) in [6.45, 7) is 5.53. The maximum Gasteiger partial charge on any atom is 0.284 e. The molecule has 0 aromatic heterocycles. The highest BCUT2D eigenvalue weighted by Gasteiger charge is 2.39. The molecular formula is C23H18N4O6. The van der Waals surface area contributed by atoms with E-state index >= 15 is 0 Å². The Hall–Kier alpha value is -4.47. The van der Waals surface area contributed by atoms with Gasteiger partial charge in [0.25, 0.3) is 17.1 Å². The zero-order chi connectivity index (χ0) is 24.0. The van der Waals surface area contributed by atoms with Crippen LogP contribution >= 0.6 is 0 Å². The fourth-order valence-corrected chi connectivity index (χ4v) is 4.24. The summed E-state index contributed by atoms with van der Waals surface area (Å²) < 4.78 is 0. The molecule has 0 radical (unpaired) electrons. The molecule has 10 heteroatoms. The van der Waals surface area contributed by atoms with Gasteiger partial charge in [-0.05, 0) is 43.0 Å². The summed E-state index contributed by atoms with van der Waals surface area (Å²) in [5.41, 5.74) is 3.12. The number of aliphatic imine (C=N–C) groups is 1. The Morgan fingerprint density at radius 2 is 1.55 bits per heavy atom. The molecule has 0 aliphatic heterocycles. The van der Waals surface area contributed by atoms with E-state index in [2.05, 4.69) is 0 Å². The number of fused-ring (bicyclic) bond motifs is 3. The summed E-state index contributed by atoms with van der Waals surface area (Å²) in [5, 5.41) is 35.0. The molecule has 2 aromatic rings. The fourth-order valence-electron chi connectivity index (χ4n) is 4.24. The van der Waals surface area contributed by atoms with Gasteiger partial charge < -0.3 is 0 Å². The summed E-state index contributed by atoms with van der Waals surface area (Å²) in [4.78, 5) is 37.9. The minimum Gasteiger partial charge on any atom is -0.258 e. The van der Waals surface area contributed by atoms with Crippen LogP contribution in [0.1, 0.15) is 35.6 Å². The molecule has 10 nitrogen and oxygen atoms in total. The number of nitro groups is 3. The Bertz CT molecular complexity index is 1380. The molecule has 0 unspecified atom stereocenters. The molecule has 0 heterocycles. The zero-order valence-electron chi connectivity index (χ0n) is 18.0. The van der Waals surface area contributed by atoms with E-state index < -0.39 is 26.1 Å². The maximum absolute atomic E-state index is 11.9. The molecule has 166 valence electrons. The van der Waals surface area contributed by atoms with Crippen LogP contribution in [0.5, 0.6) is 0 Å². The van der Waals surface area contributed by atoms with Gasteiger partial charge in [-0.25, -0.2) is 4.99 Å². The summed E-state index contributed by atoms with van der Waals surface area (Å²) in [6.07, 6.45) is 3.19. The lowest BCUT2D eigenvalue weighted by atomic mass is 9.86. The van der Waals surface area contributed by atoms with Crippen LogP contribution < -0.4 is 0 Å². The Morgan fingerprint density at radius 3 is 2.09 bits per heavy atom. The third-order valence-corrected chi connectivity index (χ3v) is 5.74. The Morgan fingerprint density at radius 1 is 0.879 bits per heavy atom. The third kappa shape index (κ3) is 3.51. The second-order valence-electron chi connectivity index (χ2n) is 7.73. The third-order valence-electron chi connectivity index (χ3n) is 5.74. The number of rotatable bonds is 5. The highest BCUT2D eigenvalue weighted by Crippen LogP contribution is 2.48. The van der Waals surface area contributed by atoms with Crippen molar-refractivity contribution in [2.24, 2.45) is 4.99 Å². The first-order chi connectivity index (χ1) is 15.6. The number of aryl methyl sites for hydroxylation is 2. The van der Waals surface area contributed by atoms with Gasteiger partial charge >= 0.3 is 0 Å². The van der Waals surface area contributed by atoms with E-state index in [1.165, 1.54) is 12.1 Å². The molecule has 0 amide bonds. The maximum atomic E-state index is 11.9. The van der Waals surface area contributed by atoms with Crippen LogP contribution in [0.25, 0.3) is 11.6 Å². The first-order valence-corrected chi connectivity index (χ1v) is 10.1. The summed E-state index contributed by atoms with van der Waals surface area (Å²) in [5.74, 6) is 0. The molecule has 4 rings (SSSR count). The quantitative estimate of drug-likeness (QED) is 0.430. The lowest BCUT2D eigenvalue weighted by Crippen LogP contribution is -2.17. The Labute approximate surface area is 187 Å². The van der Waals surface area contributed by atoms with Crippen LogP contribution in [-0.2, 0) is 0 Å². The van der Waals surface area contributed by atoms with Gasteiger partial charge in [0.1, 0.15) is 0 Å². The molecule has 0 N–H and O–H groups in total. The lowest BCUT2D eigenvalue weighted by molar-refractivity contribution is -0.419. The summed E-state index contributed by atoms with van der Waals surface area (Å²) in [7, 11) is 0. The van der Waals surface area contributed by atoms with Gasteiger partial charge in [0.2, 0.25) is 0 Å². The molecule has 33 heavy (non-hydrogen) atoms. The van der Waals surface area contributed by atoms with E-state index in [1.807, 2.05) is 32.0 Å². The van der Waals surface area contributed by atoms with E-state index in [-0.39, 0.29) is 22.4 Å². The van der Waals surface area contributed by atoms with Crippen LogP contribution in [0.2, 0.25) is 0 Å². The first kappa shape index (κ1) is 21.8. The number of hydrogen-bond acceptors (Lipinski definition) is 7. The number of allylic oxidation sites excluding steroid dienone is 4. The number of nitro benzene ring substituents is 2. The van der Waals surface area contributed by atoms with Crippen LogP contribution in [0.15, 0.2) is 58.2 Å². The monoisotopic (exact) mass is 446 g/mol. The van der Waals surface area contributed by atoms with Gasteiger partial charge in [-0.1, -0.05) is 25.1 Å². The van der Waals surface area contributed by atoms with Crippen LogP contribution in [0, 0.1) is 44.2 Å². The van der Waals surface area contributed by atoms with E-state index in [0.717, 1.165) is 17.2 Å².